The number of halogens is 5. The minimum Gasteiger partial charge on any atom is -0.388 e. The van der Waals surface area contributed by atoms with E-state index >= 15 is 0 Å². The van der Waals surface area contributed by atoms with Gasteiger partial charge in [0.05, 0.1) is 0 Å². The van der Waals surface area contributed by atoms with Crippen molar-refractivity contribution in [3.63, 3.8) is 0 Å². The standard InChI is InChI=1S/C5H10O.C2H3F3.C2H6O.CH2F2/c1-2-4-6-5-3-1;1-2(3,4)5;1-3-2;2-1-3/h1-5H2;1H3;1-2H3;1H2. The molecule has 1 heterocycles. The fraction of sp³-hybridized carbons (Fsp3) is 1.00. The second-order valence-electron chi connectivity index (χ2n) is 2.96. The monoisotopic (exact) mass is 268 g/mol. The van der Waals surface area contributed by atoms with E-state index < -0.39 is 13.1 Å². The zero-order valence-electron chi connectivity index (χ0n) is 10.4. The van der Waals surface area contributed by atoms with Gasteiger partial charge in [0, 0.05) is 34.4 Å². The van der Waals surface area contributed by atoms with Crippen molar-refractivity contribution in [1.82, 2.24) is 0 Å². The molecule has 0 aliphatic carbocycles. The minimum absolute atomic E-state index is 0.188. The minimum atomic E-state index is -4.00. The lowest BCUT2D eigenvalue weighted by atomic mass is 10.2. The first-order chi connectivity index (χ1) is 7.83. The first-order valence-electron chi connectivity index (χ1n) is 5.00. The Bertz CT molecular complexity index is 96.2. The predicted octanol–water partition coefficient (Wildman–Crippen LogP) is 3.90. The van der Waals surface area contributed by atoms with Crippen molar-refractivity contribution in [2.45, 2.75) is 32.4 Å². The summed E-state index contributed by atoms with van der Waals surface area (Å²) in [6, 6.07) is 0. The first-order valence-corrected chi connectivity index (χ1v) is 5.00. The van der Waals surface area contributed by atoms with Crippen LogP contribution in [-0.4, -0.2) is 40.5 Å². The molecule has 1 rings (SSSR count). The highest BCUT2D eigenvalue weighted by Gasteiger charge is 2.15. The van der Waals surface area contributed by atoms with Crippen LogP contribution in [0.1, 0.15) is 26.2 Å². The Kier molecular flexibility index (Phi) is 23.0. The summed E-state index contributed by atoms with van der Waals surface area (Å²) in [4.78, 5) is 0. The molecule has 1 saturated heterocycles. The van der Waals surface area contributed by atoms with Crippen LogP contribution in [0.4, 0.5) is 22.0 Å². The van der Waals surface area contributed by atoms with Gasteiger partial charge < -0.3 is 9.47 Å². The Balaban J connectivity index is -0.000000163. The molecule has 1 aliphatic rings. The molecule has 0 radical (unpaired) electrons. The number of alkyl halides is 5. The van der Waals surface area contributed by atoms with Gasteiger partial charge in [0.2, 0.25) is 6.93 Å². The SMILES string of the molecule is C1CCOCC1.CC(F)(F)F.COC.FCF. The van der Waals surface area contributed by atoms with Crippen molar-refractivity contribution in [2.75, 3.05) is 34.4 Å². The third-order valence-electron chi connectivity index (χ3n) is 1.08. The summed E-state index contributed by atoms with van der Waals surface area (Å²) < 4.78 is 59.6. The molecule has 0 unspecified atom stereocenters. The van der Waals surface area contributed by atoms with Crippen LogP contribution in [0.25, 0.3) is 0 Å². The molecule has 0 aromatic carbocycles. The highest BCUT2D eigenvalue weighted by Crippen LogP contribution is 2.10. The van der Waals surface area contributed by atoms with Gasteiger partial charge in [0.25, 0.3) is 0 Å². The second-order valence-corrected chi connectivity index (χ2v) is 2.96. The Hall–Kier alpha value is -0.430. The van der Waals surface area contributed by atoms with E-state index in [2.05, 4.69) is 4.74 Å². The summed E-state index contributed by atoms with van der Waals surface area (Å²) in [5, 5.41) is 0. The van der Waals surface area contributed by atoms with Gasteiger partial charge in [-0.2, -0.15) is 13.2 Å². The molecule has 0 aromatic rings. The fourth-order valence-electron chi connectivity index (χ4n) is 0.687. The maximum Gasteiger partial charge on any atom is 0.386 e. The fourth-order valence-corrected chi connectivity index (χ4v) is 0.687. The number of methoxy groups -OCH3 is 1. The van der Waals surface area contributed by atoms with Crippen LogP contribution in [0.3, 0.4) is 0 Å². The largest absolute Gasteiger partial charge is 0.388 e. The van der Waals surface area contributed by atoms with E-state index in [1.54, 1.807) is 14.2 Å². The smallest absolute Gasteiger partial charge is 0.386 e. The van der Waals surface area contributed by atoms with E-state index in [4.69, 9.17) is 4.74 Å². The molecule has 108 valence electrons. The highest BCUT2D eigenvalue weighted by atomic mass is 19.4. The number of rotatable bonds is 0. The molecule has 7 heteroatoms. The summed E-state index contributed by atoms with van der Waals surface area (Å²) in [5.74, 6) is 0. The average molecular weight is 268 g/mol. The van der Waals surface area contributed by atoms with E-state index in [1.807, 2.05) is 0 Å². The van der Waals surface area contributed by atoms with Gasteiger partial charge in [0.1, 0.15) is 0 Å². The molecule has 0 aromatic heterocycles. The van der Waals surface area contributed by atoms with Crippen molar-refractivity contribution in [1.29, 1.82) is 0 Å². The maximum absolute atomic E-state index is 10.4. The maximum atomic E-state index is 10.4. The molecule has 2 nitrogen and oxygen atoms in total. The molecule has 0 spiro atoms. The Morgan fingerprint density at radius 1 is 1.00 bits per heavy atom. The van der Waals surface area contributed by atoms with E-state index in [9.17, 15) is 22.0 Å². The number of hydrogen-bond acceptors (Lipinski definition) is 2. The van der Waals surface area contributed by atoms with Crippen LogP contribution in [-0.2, 0) is 9.47 Å². The molecule has 1 aliphatic heterocycles. The van der Waals surface area contributed by atoms with Gasteiger partial charge in [-0.15, -0.1) is 0 Å². The quantitative estimate of drug-likeness (QED) is 0.620. The summed E-state index contributed by atoms with van der Waals surface area (Å²) in [7, 11) is 3.25. The van der Waals surface area contributed by atoms with E-state index in [0.29, 0.717) is 0 Å². The molecular formula is C10H21F5O2. The molecule has 17 heavy (non-hydrogen) atoms. The van der Waals surface area contributed by atoms with Gasteiger partial charge in [-0.05, 0) is 19.3 Å². The van der Waals surface area contributed by atoms with Gasteiger partial charge in [-0.3, -0.25) is 0 Å². The molecule has 0 atom stereocenters. The van der Waals surface area contributed by atoms with Crippen LogP contribution in [0, 0.1) is 0 Å². The van der Waals surface area contributed by atoms with Crippen LogP contribution in [0.2, 0.25) is 0 Å². The van der Waals surface area contributed by atoms with Crippen molar-refractivity contribution in [3.05, 3.63) is 0 Å². The Morgan fingerprint density at radius 3 is 1.29 bits per heavy atom. The highest BCUT2D eigenvalue weighted by molar-refractivity contribution is 4.45. The lowest BCUT2D eigenvalue weighted by molar-refractivity contribution is -0.110. The Morgan fingerprint density at radius 2 is 1.24 bits per heavy atom. The lowest BCUT2D eigenvalue weighted by Crippen LogP contribution is -2.03. The molecule has 0 bridgehead atoms. The number of hydrogen-bond donors (Lipinski definition) is 0. The van der Waals surface area contributed by atoms with Crippen LogP contribution < -0.4 is 0 Å². The van der Waals surface area contributed by atoms with Crippen molar-refractivity contribution >= 4 is 0 Å². The molecule has 0 N–H and O–H groups in total. The van der Waals surface area contributed by atoms with Gasteiger partial charge in [0.15, 0.2) is 0 Å². The molecular weight excluding hydrogens is 247 g/mol. The third kappa shape index (κ3) is 92.4. The number of ether oxygens (including phenoxy) is 2. The molecule has 0 saturated carbocycles. The summed E-state index contributed by atoms with van der Waals surface area (Å²) in [5.41, 5.74) is 0. The summed E-state index contributed by atoms with van der Waals surface area (Å²) >= 11 is 0. The van der Waals surface area contributed by atoms with Crippen molar-refractivity contribution in [3.8, 4) is 0 Å². The van der Waals surface area contributed by atoms with E-state index in [0.717, 1.165) is 13.2 Å². The van der Waals surface area contributed by atoms with Crippen molar-refractivity contribution < 1.29 is 31.4 Å². The lowest BCUT2D eigenvalue weighted by Gasteiger charge is -2.08. The summed E-state index contributed by atoms with van der Waals surface area (Å²) in [6.45, 7) is 0.438. The first kappa shape index (κ1) is 21.8. The predicted molar refractivity (Wildman–Crippen MR) is 56.4 cm³/mol. The zero-order chi connectivity index (χ0) is 14.2. The average Bonchev–Trinajstić information content (AvgIpc) is 2.20. The third-order valence-corrected chi connectivity index (χ3v) is 1.08. The van der Waals surface area contributed by atoms with Crippen LogP contribution >= 0.6 is 0 Å². The van der Waals surface area contributed by atoms with E-state index in [1.165, 1.54) is 19.3 Å². The second kappa shape index (κ2) is 17.9. The van der Waals surface area contributed by atoms with E-state index in [-0.39, 0.29) is 6.92 Å². The van der Waals surface area contributed by atoms with Crippen LogP contribution in [0.15, 0.2) is 0 Å². The van der Waals surface area contributed by atoms with Gasteiger partial charge in [-0.25, -0.2) is 8.78 Å². The Labute approximate surface area is 99.1 Å². The van der Waals surface area contributed by atoms with Gasteiger partial charge in [-0.1, -0.05) is 0 Å². The molecule has 1 fully saturated rings. The van der Waals surface area contributed by atoms with Crippen molar-refractivity contribution in [2.24, 2.45) is 0 Å². The zero-order valence-corrected chi connectivity index (χ0v) is 10.4. The summed E-state index contributed by atoms with van der Waals surface area (Å²) in [6.07, 6.45) is -0.0694. The topological polar surface area (TPSA) is 18.5 Å². The molecule has 0 amide bonds. The van der Waals surface area contributed by atoms with Gasteiger partial charge >= 0.3 is 6.18 Å². The van der Waals surface area contributed by atoms with Crippen LogP contribution in [0.5, 0.6) is 0 Å². The normalized spacial score (nSPS) is 14.1.